The number of nitrogens with one attached hydrogen (secondary N) is 1. The number of rotatable bonds is 8. The number of hydrogen-bond acceptors (Lipinski definition) is 2. The van der Waals surface area contributed by atoms with Crippen molar-refractivity contribution in [1.29, 1.82) is 0 Å². The highest BCUT2D eigenvalue weighted by atomic mass is 32.2. The Labute approximate surface area is 114 Å². The summed E-state index contributed by atoms with van der Waals surface area (Å²) in [6.45, 7) is 3.02. The van der Waals surface area contributed by atoms with Gasteiger partial charge in [-0.3, -0.25) is 0 Å². The first-order valence-corrected chi connectivity index (χ1v) is 7.92. The van der Waals surface area contributed by atoms with Gasteiger partial charge in [-0.15, -0.1) is 11.8 Å². The lowest BCUT2D eigenvalue weighted by Crippen LogP contribution is -2.16. The molecule has 0 atom stereocenters. The molecule has 0 spiro atoms. The molecule has 0 radical (unpaired) electrons. The molecule has 0 heterocycles. The van der Waals surface area contributed by atoms with Gasteiger partial charge in [0.25, 0.3) is 0 Å². The summed E-state index contributed by atoms with van der Waals surface area (Å²) in [5, 5.41) is 3.46. The summed E-state index contributed by atoms with van der Waals surface area (Å²) < 4.78 is 13.3. The van der Waals surface area contributed by atoms with E-state index in [-0.39, 0.29) is 5.82 Å². The summed E-state index contributed by atoms with van der Waals surface area (Å²) >= 11 is 1.86. The fourth-order valence-corrected chi connectivity index (χ4v) is 2.95. The van der Waals surface area contributed by atoms with Crippen molar-refractivity contribution in [3.8, 4) is 0 Å². The van der Waals surface area contributed by atoms with Crippen LogP contribution in [0, 0.1) is 5.82 Å². The van der Waals surface area contributed by atoms with Crippen LogP contribution in [0.15, 0.2) is 23.1 Å². The van der Waals surface area contributed by atoms with Crippen LogP contribution in [-0.2, 0) is 6.54 Å². The lowest BCUT2D eigenvalue weighted by atomic mass is 10.2. The second-order valence-corrected chi connectivity index (χ2v) is 6.10. The van der Waals surface area contributed by atoms with E-state index in [9.17, 15) is 4.39 Å². The summed E-state index contributed by atoms with van der Waals surface area (Å²) in [7, 11) is 0. The minimum Gasteiger partial charge on any atom is -0.310 e. The molecule has 1 N–H and O–H groups in total. The molecule has 1 aliphatic carbocycles. The van der Waals surface area contributed by atoms with Crippen molar-refractivity contribution >= 4 is 11.8 Å². The van der Waals surface area contributed by atoms with E-state index in [2.05, 4.69) is 12.2 Å². The van der Waals surface area contributed by atoms with E-state index in [4.69, 9.17) is 0 Å². The highest BCUT2D eigenvalue weighted by molar-refractivity contribution is 7.99. The largest absolute Gasteiger partial charge is 0.310 e. The predicted molar refractivity (Wildman–Crippen MR) is 76.5 cm³/mol. The maximum absolute atomic E-state index is 13.3. The Morgan fingerprint density at radius 3 is 2.89 bits per heavy atom. The molecule has 1 saturated carbocycles. The van der Waals surface area contributed by atoms with Gasteiger partial charge in [-0.05, 0) is 48.8 Å². The molecule has 0 aliphatic heterocycles. The lowest BCUT2D eigenvalue weighted by molar-refractivity contribution is 0.616. The monoisotopic (exact) mass is 267 g/mol. The molecule has 18 heavy (non-hydrogen) atoms. The van der Waals surface area contributed by atoms with Crippen LogP contribution >= 0.6 is 11.8 Å². The number of hydrogen-bond donors (Lipinski definition) is 1. The first kappa shape index (κ1) is 13.9. The van der Waals surface area contributed by atoms with E-state index in [0.29, 0.717) is 6.04 Å². The summed E-state index contributed by atoms with van der Waals surface area (Å²) in [4.78, 5) is 1.24. The van der Waals surface area contributed by atoms with Crippen LogP contribution in [0.5, 0.6) is 0 Å². The fraction of sp³-hybridized carbons (Fsp3) is 0.600. The third kappa shape index (κ3) is 4.62. The molecular formula is C15H22FNS. The Balaban J connectivity index is 1.88. The normalized spacial score (nSPS) is 15.0. The number of benzene rings is 1. The number of unbranched alkanes of at least 4 members (excludes halogenated alkanes) is 2. The van der Waals surface area contributed by atoms with Gasteiger partial charge in [0.15, 0.2) is 0 Å². The van der Waals surface area contributed by atoms with Gasteiger partial charge < -0.3 is 5.32 Å². The average Bonchev–Trinajstić information content (AvgIpc) is 3.18. The summed E-state index contributed by atoms with van der Waals surface area (Å²) in [6, 6.07) is 5.85. The predicted octanol–water partition coefficient (Wildman–Crippen LogP) is 4.36. The quantitative estimate of drug-likeness (QED) is 0.555. The van der Waals surface area contributed by atoms with Crippen LogP contribution in [0.1, 0.15) is 44.6 Å². The maximum Gasteiger partial charge on any atom is 0.123 e. The molecule has 1 nitrogen and oxygen atoms in total. The third-order valence-electron chi connectivity index (χ3n) is 3.19. The molecule has 100 valence electrons. The van der Waals surface area contributed by atoms with E-state index in [1.54, 1.807) is 12.1 Å². The minimum atomic E-state index is -0.125. The molecular weight excluding hydrogens is 245 g/mol. The highest BCUT2D eigenvalue weighted by Gasteiger charge is 2.20. The Morgan fingerprint density at radius 2 is 2.17 bits per heavy atom. The highest BCUT2D eigenvalue weighted by Crippen LogP contribution is 2.26. The van der Waals surface area contributed by atoms with Crippen molar-refractivity contribution in [1.82, 2.24) is 5.32 Å². The zero-order valence-corrected chi connectivity index (χ0v) is 11.9. The van der Waals surface area contributed by atoms with Gasteiger partial charge in [0.2, 0.25) is 0 Å². The smallest absolute Gasteiger partial charge is 0.123 e. The molecule has 0 bridgehead atoms. The SMILES string of the molecule is CCCCCSc1ccc(F)cc1CNC1CC1. The van der Waals surface area contributed by atoms with Gasteiger partial charge in [0.05, 0.1) is 0 Å². The topological polar surface area (TPSA) is 12.0 Å². The maximum atomic E-state index is 13.3. The van der Waals surface area contributed by atoms with Crippen LogP contribution in [0.4, 0.5) is 4.39 Å². The second kappa shape index (κ2) is 7.15. The van der Waals surface area contributed by atoms with E-state index < -0.39 is 0 Å². The molecule has 1 aromatic rings. The van der Waals surface area contributed by atoms with Crippen molar-refractivity contribution in [2.24, 2.45) is 0 Å². The first-order valence-electron chi connectivity index (χ1n) is 6.94. The van der Waals surface area contributed by atoms with Gasteiger partial charge in [-0.1, -0.05) is 19.8 Å². The Morgan fingerprint density at radius 1 is 1.33 bits per heavy atom. The molecule has 1 aromatic carbocycles. The first-order chi connectivity index (χ1) is 8.79. The fourth-order valence-electron chi connectivity index (χ4n) is 1.90. The van der Waals surface area contributed by atoms with Crippen LogP contribution < -0.4 is 5.32 Å². The second-order valence-electron chi connectivity index (χ2n) is 4.96. The number of thioether (sulfide) groups is 1. The molecule has 0 amide bonds. The van der Waals surface area contributed by atoms with Crippen LogP contribution in [0.3, 0.4) is 0 Å². The van der Waals surface area contributed by atoms with Gasteiger partial charge in [0.1, 0.15) is 5.82 Å². The number of halogens is 1. The van der Waals surface area contributed by atoms with Crippen LogP contribution in [0.2, 0.25) is 0 Å². The van der Waals surface area contributed by atoms with Crippen LogP contribution in [0.25, 0.3) is 0 Å². The van der Waals surface area contributed by atoms with Gasteiger partial charge in [-0.2, -0.15) is 0 Å². The van der Waals surface area contributed by atoms with E-state index >= 15 is 0 Å². The van der Waals surface area contributed by atoms with Crippen molar-refractivity contribution in [2.75, 3.05) is 5.75 Å². The zero-order chi connectivity index (χ0) is 12.8. The zero-order valence-electron chi connectivity index (χ0n) is 11.0. The van der Waals surface area contributed by atoms with Crippen molar-refractivity contribution < 1.29 is 4.39 Å². The van der Waals surface area contributed by atoms with Gasteiger partial charge >= 0.3 is 0 Å². The van der Waals surface area contributed by atoms with Gasteiger partial charge in [0, 0.05) is 17.5 Å². The third-order valence-corrected chi connectivity index (χ3v) is 4.39. The standard InChI is InChI=1S/C15H22FNS/c1-2-3-4-9-18-15-8-5-13(16)10-12(15)11-17-14-6-7-14/h5,8,10,14,17H,2-4,6-7,9,11H2,1H3. The molecule has 0 aromatic heterocycles. The van der Waals surface area contributed by atoms with Gasteiger partial charge in [-0.25, -0.2) is 4.39 Å². The average molecular weight is 267 g/mol. The molecule has 1 fully saturated rings. The summed E-state index contributed by atoms with van der Waals surface area (Å²) in [5.74, 6) is 1.01. The molecule has 0 saturated heterocycles. The molecule has 3 heteroatoms. The van der Waals surface area contributed by atoms with E-state index in [1.165, 1.54) is 37.0 Å². The van der Waals surface area contributed by atoms with E-state index in [1.807, 2.05) is 17.8 Å². The Hall–Kier alpha value is -0.540. The summed E-state index contributed by atoms with van der Waals surface area (Å²) in [5.41, 5.74) is 1.11. The van der Waals surface area contributed by atoms with Crippen molar-refractivity contribution in [2.45, 2.75) is 56.5 Å². The lowest BCUT2D eigenvalue weighted by Gasteiger charge is -2.10. The van der Waals surface area contributed by atoms with Crippen molar-refractivity contribution in [3.63, 3.8) is 0 Å². The Bertz CT molecular complexity index is 377. The Kier molecular flexibility index (Phi) is 5.51. The molecule has 0 unspecified atom stereocenters. The van der Waals surface area contributed by atoms with Crippen molar-refractivity contribution in [3.05, 3.63) is 29.6 Å². The molecule has 1 aliphatic rings. The molecule has 2 rings (SSSR count). The summed E-state index contributed by atoms with van der Waals surface area (Å²) in [6.07, 6.45) is 6.32. The minimum absolute atomic E-state index is 0.125. The van der Waals surface area contributed by atoms with E-state index in [0.717, 1.165) is 17.9 Å². The van der Waals surface area contributed by atoms with Crippen LogP contribution in [-0.4, -0.2) is 11.8 Å².